The molecule has 0 heterocycles. The van der Waals surface area contributed by atoms with Gasteiger partial charge in [-0.3, -0.25) is 0 Å². The second-order valence-electron chi connectivity index (χ2n) is 5.05. The molecule has 0 aliphatic carbocycles. The molecule has 0 radical (unpaired) electrons. The minimum atomic E-state index is -1.25. The number of nitrogens with zero attached hydrogens (tertiary/aromatic N) is 6. The van der Waals surface area contributed by atoms with Crippen molar-refractivity contribution in [2.45, 2.75) is 13.8 Å². The highest BCUT2D eigenvalue weighted by Gasteiger charge is 2.42. The second-order valence-corrected chi connectivity index (χ2v) is 5.05. The van der Waals surface area contributed by atoms with Crippen molar-refractivity contribution in [3.05, 3.63) is 22.5 Å². The van der Waals surface area contributed by atoms with Gasteiger partial charge in [0.25, 0.3) is 0 Å². The second kappa shape index (κ2) is 7.71. The van der Waals surface area contributed by atoms with E-state index in [1.165, 1.54) is 13.8 Å². The van der Waals surface area contributed by atoms with Crippen molar-refractivity contribution in [2.75, 3.05) is 0 Å². The highest BCUT2D eigenvalue weighted by molar-refractivity contribution is 5.45. The molecule has 23 heavy (non-hydrogen) atoms. The van der Waals surface area contributed by atoms with E-state index in [4.69, 9.17) is 32.5 Å². The van der Waals surface area contributed by atoms with Gasteiger partial charge in [-0.2, -0.15) is 31.6 Å². The molecule has 0 amide bonds. The van der Waals surface area contributed by atoms with Crippen molar-refractivity contribution in [3.63, 3.8) is 0 Å². The van der Waals surface area contributed by atoms with Crippen LogP contribution >= 0.6 is 0 Å². The van der Waals surface area contributed by atoms with Gasteiger partial charge in [-0.25, -0.2) is 0 Å². The Hall–Kier alpha value is -3.98. The van der Waals surface area contributed by atoms with E-state index in [9.17, 15) is 10.5 Å². The fourth-order valence-corrected chi connectivity index (χ4v) is 2.04. The third-order valence-electron chi connectivity index (χ3n) is 3.39. The van der Waals surface area contributed by atoms with Gasteiger partial charge in [0, 0.05) is 5.41 Å². The Morgan fingerprint density at radius 2 is 0.957 bits per heavy atom. The normalized spacial score (nSPS) is 11.7. The van der Waals surface area contributed by atoms with Crippen molar-refractivity contribution in [1.29, 1.82) is 31.6 Å². The van der Waals surface area contributed by atoms with Crippen LogP contribution in [0.15, 0.2) is 22.5 Å². The lowest BCUT2D eigenvalue weighted by Gasteiger charge is -2.34. The summed E-state index contributed by atoms with van der Waals surface area (Å²) in [7, 11) is 0. The molecule has 0 aromatic rings. The molecule has 8 heteroatoms. The van der Waals surface area contributed by atoms with Crippen LogP contribution in [-0.4, -0.2) is 0 Å². The first-order valence-electron chi connectivity index (χ1n) is 6.15. The molecule has 0 aromatic heterocycles. The molecule has 112 valence electrons. The third-order valence-corrected chi connectivity index (χ3v) is 3.39. The third kappa shape index (κ3) is 3.56. The van der Waals surface area contributed by atoms with Crippen LogP contribution in [0.5, 0.6) is 0 Å². The summed E-state index contributed by atoms with van der Waals surface area (Å²) in [5, 5.41) is 54.2. The summed E-state index contributed by atoms with van der Waals surface area (Å²) < 4.78 is 0. The molecule has 0 aromatic carbocycles. The van der Waals surface area contributed by atoms with Crippen molar-refractivity contribution < 1.29 is 0 Å². The predicted molar refractivity (Wildman–Crippen MR) is 76.9 cm³/mol. The standard InChI is InChI=1S/C15H12N8/c1-15(2,11(7-20)13(22)9(3-16)4-17)12(8-21)14(23)10(5-18)6-19/h11-12H,22-23H2,1-2H3. The average Bonchev–Trinajstić information content (AvgIpc) is 2.50. The van der Waals surface area contributed by atoms with E-state index in [-0.39, 0.29) is 11.4 Å². The lowest BCUT2D eigenvalue weighted by molar-refractivity contribution is 0.237. The summed E-state index contributed by atoms with van der Waals surface area (Å²) in [5.74, 6) is -2.39. The Bertz CT molecular complexity index is 702. The van der Waals surface area contributed by atoms with Crippen LogP contribution in [0.4, 0.5) is 0 Å². The van der Waals surface area contributed by atoms with Gasteiger partial charge < -0.3 is 11.5 Å². The molecule has 0 aliphatic heterocycles. The number of allylic oxidation sites excluding steroid dienone is 4. The number of nitriles is 6. The van der Waals surface area contributed by atoms with Crippen LogP contribution < -0.4 is 11.5 Å². The highest BCUT2D eigenvalue weighted by atomic mass is 14.7. The predicted octanol–water partition coefficient (Wildman–Crippen LogP) is 0.812. The van der Waals surface area contributed by atoms with Crippen molar-refractivity contribution in [2.24, 2.45) is 28.7 Å². The van der Waals surface area contributed by atoms with Crippen molar-refractivity contribution in [3.8, 4) is 36.4 Å². The maximum absolute atomic E-state index is 9.37. The van der Waals surface area contributed by atoms with E-state index in [2.05, 4.69) is 0 Å². The number of nitrogens with two attached hydrogens (primary N) is 2. The maximum Gasteiger partial charge on any atom is 0.149 e. The molecule has 0 aliphatic rings. The Labute approximate surface area is 134 Å². The van der Waals surface area contributed by atoms with Gasteiger partial charge in [-0.05, 0) is 0 Å². The van der Waals surface area contributed by atoms with Crippen LogP contribution in [-0.2, 0) is 0 Å². The molecule has 0 saturated carbocycles. The molecule has 2 unspecified atom stereocenters. The van der Waals surface area contributed by atoms with E-state index < -0.39 is 28.4 Å². The lowest BCUT2D eigenvalue weighted by atomic mass is 9.67. The van der Waals surface area contributed by atoms with Gasteiger partial charge in [-0.15, -0.1) is 0 Å². The summed E-state index contributed by atoms with van der Waals surface area (Å²) in [6.07, 6.45) is 0. The van der Waals surface area contributed by atoms with Crippen LogP contribution in [0.2, 0.25) is 0 Å². The fourth-order valence-electron chi connectivity index (χ4n) is 2.04. The smallest absolute Gasteiger partial charge is 0.149 e. The molecule has 4 N–H and O–H groups in total. The van der Waals surface area contributed by atoms with Crippen molar-refractivity contribution >= 4 is 0 Å². The van der Waals surface area contributed by atoms with Gasteiger partial charge in [0.1, 0.15) is 35.4 Å². The minimum Gasteiger partial charge on any atom is -0.399 e. The molecule has 2 atom stereocenters. The Kier molecular flexibility index (Phi) is 6.38. The monoisotopic (exact) mass is 304 g/mol. The first-order chi connectivity index (χ1) is 10.8. The Morgan fingerprint density at radius 1 is 0.696 bits per heavy atom. The van der Waals surface area contributed by atoms with Crippen LogP contribution in [0.1, 0.15) is 13.8 Å². The Balaban J connectivity index is 6.38. The minimum absolute atomic E-state index is 0.286. The SMILES string of the molecule is CC(C)(C(C#N)C(N)=C(C#N)C#N)C(C#N)C(N)=C(C#N)C#N. The molecule has 0 bridgehead atoms. The summed E-state index contributed by atoms with van der Waals surface area (Å²) in [4.78, 5) is 0. The summed E-state index contributed by atoms with van der Waals surface area (Å²) in [6, 6.07) is 10.0. The van der Waals surface area contributed by atoms with Gasteiger partial charge in [0.15, 0.2) is 0 Å². The van der Waals surface area contributed by atoms with E-state index in [0.717, 1.165) is 0 Å². The summed E-state index contributed by atoms with van der Waals surface area (Å²) in [5.41, 5.74) is 8.75. The molecular formula is C15H12N8. The molecule has 0 rings (SSSR count). The number of rotatable bonds is 4. The maximum atomic E-state index is 9.37. The first-order valence-corrected chi connectivity index (χ1v) is 6.15. The largest absolute Gasteiger partial charge is 0.399 e. The lowest BCUT2D eigenvalue weighted by Crippen LogP contribution is -2.38. The van der Waals surface area contributed by atoms with Crippen molar-refractivity contribution in [1.82, 2.24) is 0 Å². The van der Waals surface area contributed by atoms with E-state index in [1.54, 1.807) is 24.3 Å². The number of hydrogen-bond acceptors (Lipinski definition) is 8. The average molecular weight is 304 g/mol. The van der Waals surface area contributed by atoms with Gasteiger partial charge in [0.2, 0.25) is 0 Å². The van der Waals surface area contributed by atoms with Gasteiger partial charge in [-0.1, -0.05) is 13.8 Å². The van der Waals surface area contributed by atoms with Crippen LogP contribution in [0.3, 0.4) is 0 Å². The van der Waals surface area contributed by atoms with E-state index in [1.807, 2.05) is 12.1 Å². The van der Waals surface area contributed by atoms with E-state index >= 15 is 0 Å². The Morgan fingerprint density at radius 3 is 1.13 bits per heavy atom. The van der Waals surface area contributed by atoms with Gasteiger partial charge >= 0.3 is 0 Å². The zero-order valence-electron chi connectivity index (χ0n) is 12.5. The zero-order chi connectivity index (χ0) is 18.2. The number of hydrogen-bond donors (Lipinski definition) is 2. The summed E-state index contributed by atoms with van der Waals surface area (Å²) in [6.45, 7) is 2.96. The fraction of sp³-hybridized carbons (Fsp3) is 0.333. The topological polar surface area (TPSA) is 195 Å². The molecule has 0 spiro atoms. The molecule has 0 fully saturated rings. The first kappa shape index (κ1) is 19.0. The highest BCUT2D eigenvalue weighted by Crippen LogP contribution is 2.41. The van der Waals surface area contributed by atoms with Gasteiger partial charge in [0.05, 0.1) is 35.4 Å². The molecule has 8 nitrogen and oxygen atoms in total. The van der Waals surface area contributed by atoms with Crippen LogP contribution in [0.25, 0.3) is 0 Å². The zero-order valence-corrected chi connectivity index (χ0v) is 12.5. The molecular weight excluding hydrogens is 292 g/mol. The molecule has 0 saturated heterocycles. The van der Waals surface area contributed by atoms with E-state index in [0.29, 0.717) is 0 Å². The quantitative estimate of drug-likeness (QED) is 0.711. The van der Waals surface area contributed by atoms with Crippen LogP contribution in [0, 0.1) is 85.2 Å². The summed E-state index contributed by atoms with van der Waals surface area (Å²) >= 11 is 0.